The molecule has 1 rings (SSSR count). The maximum Gasteiger partial charge on any atom is 0.201 e. The first-order valence-electron chi connectivity index (χ1n) is 6.88. The number of nitrogens with zero attached hydrogens (tertiary/aromatic N) is 1. The summed E-state index contributed by atoms with van der Waals surface area (Å²) in [4.78, 5) is 0. The number of aliphatic hydroxyl groups excluding tert-OH is 1. The molecule has 4 nitrogen and oxygen atoms in total. The molecule has 19 heavy (non-hydrogen) atoms. The van der Waals surface area contributed by atoms with E-state index in [1.807, 2.05) is 0 Å². The number of hydrogen-bond acceptors (Lipinski definition) is 4. The summed E-state index contributed by atoms with van der Waals surface area (Å²) in [6.45, 7) is 3.70. The predicted molar refractivity (Wildman–Crippen MR) is 70.4 cm³/mol. The van der Waals surface area contributed by atoms with Gasteiger partial charge in [0.1, 0.15) is 17.6 Å². The maximum atomic E-state index is 13.3. The fraction of sp³-hybridized carbons (Fsp3) is 0.786. The average Bonchev–Trinajstić information content (AvgIpc) is 2.85. The van der Waals surface area contributed by atoms with Gasteiger partial charge in [-0.25, -0.2) is 4.39 Å². The second kappa shape index (κ2) is 8.27. The van der Waals surface area contributed by atoms with Gasteiger partial charge in [-0.3, -0.25) is 0 Å². The van der Waals surface area contributed by atoms with Gasteiger partial charge in [0.15, 0.2) is 0 Å². The molecule has 1 N–H and O–H groups in total. The molecule has 0 aromatic carbocycles. The van der Waals surface area contributed by atoms with Crippen molar-refractivity contribution in [1.82, 2.24) is 5.16 Å². The Kier molecular flexibility index (Phi) is 7.02. The van der Waals surface area contributed by atoms with Gasteiger partial charge in [0.2, 0.25) is 6.29 Å². The lowest BCUT2D eigenvalue weighted by Gasteiger charge is -2.16. The standard InChI is InChI=1S/C14H24FNO3/c1-4-6-11(10(2)15)7-5-8-12-9-13(16-19-12)14(17)18-3/h9-11,14,17H,4-8H2,1-3H3. The van der Waals surface area contributed by atoms with Crippen LogP contribution in [0.4, 0.5) is 4.39 Å². The summed E-state index contributed by atoms with van der Waals surface area (Å²) in [7, 11) is 1.40. The highest BCUT2D eigenvalue weighted by atomic mass is 19.1. The van der Waals surface area contributed by atoms with Gasteiger partial charge in [-0.1, -0.05) is 18.5 Å². The zero-order chi connectivity index (χ0) is 14.3. The molecule has 1 aromatic heterocycles. The van der Waals surface area contributed by atoms with Gasteiger partial charge in [-0.15, -0.1) is 0 Å². The van der Waals surface area contributed by atoms with Crippen LogP contribution in [0.1, 0.15) is 57.3 Å². The van der Waals surface area contributed by atoms with E-state index >= 15 is 0 Å². The van der Waals surface area contributed by atoms with Gasteiger partial charge in [-0.2, -0.15) is 0 Å². The Morgan fingerprint density at radius 2 is 2.21 bits per heavy atom. The zero-order valence-electron chi connectivity index (χ0n) is 11.9. The van der Waals surface area contributed by atoms with Gasteiger partial charge in [0.25, 0.3) is 0 Å². The second-order valence-corrected chi connectivity index (χ2v) is 4.92. The molecule has 1 heterocycles. The van der Waals surface area contributed by atoms with Crippen molar-refractivity contribution in [3.63, 3.8) is 0 Å². The lowest BCUT2D eigenvalue weighted by Crippen LogP contribution is -2.12. The third-order valence-electron chi connectivity index (χ3n) is 3.36. The average molecular weight is 273 g/mol. The van der Waals surface area contributed by atoms with Crippen molar-refractivity contribution in [1.29, 1.82) is 0 Å². The highest BCUT2D eigenvalue weighted by Gasteiger charge is 2.16. The third-order valence-corrected chi connectivity index (χ3v) is 3.36. The zero-order valence-corrected chi connectivity index (χ0v) is 11.9. The van der Waals surface area contributed by atoms with E-state index in [0.29, 0.717) is 17.9 Å². The van der Waals surface area contributed by atoms with Crippen molar-refractivity contribution in [3.05, 3.63) is 17.5 Å². The summed E-state index contributed by atoms with van der Waals surface area (Å²) in [6, 6.07) is 1.68. The van der Waals surface area contributed by atoms with Crippen molar-refractivity contribution in [2.45, 2.75) is 58.4 Å². The molecule has 0 aliphatic rings. The SMILES string of the molecule is CCCC(CCCc1cc(C(O)OC)no1)C(C)F. The minimum absolute atomic E-state index is 0.122. The Morgan fingerprint density at radius 3 is 2.79 bits per heavy atom. The molecule has 0 aliphatic heterocycles. The Balaban J connectivity index is 2.37. The number of aromatic nitrogens is 1. The number of hydrogen-bond donors (Lipinski definition) is 1. The summed E-state index contributed by atoms with van der Waals surface area (Å²) < 4.78 is 23.2. The lowest BCUT2D eigenvalue weighted by molar-refractivity contribution is -0.0813. The maximum absolute atomic E-state index is 13.3. The monoisotopic (exact) mass is 273 g/mol. The van der Waals surface area contributed by atoms with E-state index in [2.05, 4.69) is 12.1 Å². The molecule has 0 radical (unpaired) electrons. The summed E-state index contributed by atoms with van der Waals surface area (Å²) >= 11 is 0. The molecule has 0 bridgehead atoms. The highest BCUT2D eigenvalue weighted by molar-refractivity contribution is 5.06. The Labute approximate surface area is 113 Å². The van der Waals surface area contributed by atoms with E-state index in [1.165, 1.54) is 7.11 Å². The molecule has 3 atom stereocenters. The molecular formula is C14H24FNO3. The molecule has 0 saturated carbocycles. The van der Waals surface area contributed by atoms with Crippen LogP contribution in [-0.4, -0.2) is 23.5 Å². The van der Waals surface area contributed by atoms with Crippen LogP contribution in [-0.2, 0) is 11.2 Å². The minimum Gasteiger partial charge on any atom is -0.363 e. The van der Waals surface area contributed by atoms with Crippen LogP contribution in [0, 0.1) is 5.92 Å². The van der Waals surface area contributed by atoms with E-state index in [-0.39, 0.29) is 5.92 Å². The van der Waals surface area contributed by atoms with Crippen molar-refractivity contribution in [3.8, 4) is 0 Å². The molecule has 1 aromatic rings. The van der Waals surface area contributed by atoms with Crippen molar-refractivity contribution in [2.24, 2.45) is 5.92 Å². The molecule has 0 spiro atoms. The highest BCUT2D eigenvalue weighted by Crippen LogP contribution is 2.22. The first kappa shape index (κ1) is 16.1. The topological polar surface area (TPSA) is 55.5 Å². The molecule has 0 aliphatic carbocycles. The summed E-state index contributed by atoms with van der Waals surface area (Å²) in [6.07, 6.45) is 2.52. The minimum atomic E-state index is -1.05. The molecule has 0 fully saturated rings. The van der Waals surface area contributed by atoms with Crippen molar-refractivity contribution < 1.29 is 18.8 Å². The third kappa shape index (κ3) is 5.28. The van der Waals surface area contributed by atoms with Crippen LogP contribution < -0.4 is 0 Å². The van der Waals surface area contributed by atoms with Gasteiger partial charge >= 0.3 is 0 Å². The van der Waals surface area contributed by atoms with Crippen molar-refractivity contribution in [2.75, 3.05) is 7.11 Å². The number of rotatable bonds is 9. The van der Waals surface area contributed by atoms with Crippen LogP contribution in [0.5, 0.6) is 0 Å². The van der Waals surface area contributed by atoms with E-state index in [1.54, 1.807) is 13.0 Å². The second-order valence-electron chi connectivity index (χ2n) is 4.92. The first-order chi connectivity index (χ1) is 9.08. The number of aliphatic hydroxyl groups is 1. The van der Waals surface area contributed by atoms with Crippen LogP contribution >= 0.6 is 0 Å². The Morgan fingerprint density at radius 1 is 1.47 bits per heavy atom. The van der Waals surface area contributed by atoms with Crippen LogP contribution in [0.3, 0.4) is 0 Å². The first-order valence-corrected chi connectivity index (χ1v) is 6.88. The van der Waals surface area contributed by atoms with E-state index < -0.39 is 12.5 Å². The number of halogens is 1. The van der Waals surface area contributed by atoms with Gasteiger partial charge in [0.05, 0.1) is 0 Å². The molecule has 110 valence electrons. The molecular weight excluding hydrogens is 249 g/mol. The fourth-order valence-corrected chi connectivity index (χ4v) is 2.20. The number of ether oxygens (including phenoxy) is 1. The lowest BCUT2D eigenvalue weighted by atomic mass is 9.93. The molecule has 0 saturated heterocycles. The fourth-order valence-electron chi connectivity index (χ4n) is 2.20. The molecule has 3 unspecified atom stereocenters. The van der Waals surface area contributed by atoms with Gasteiger partial charge in [0, 0.05) is 19.6 Å². The summed E-state index contributed by atoms with van der Waals surface area (Å²) in [5.41, 5.74) is 0.376. The normalized spacial score (nSPS) is 16.3. The van der Waals surface area contributed by atoms with E-state index in [4.69, 9.17) is 9.26 Å². The quantitative estimate of drug-likeness (QED) is 0.700. The Hall–Kier alpha value is -0.940. The summed E-state index contributed by atoms with van der Waals surface area (Å²) in [5.74, 6) is 0.824. The molecule has 5 heteroatoms. The van der Waals surface area contributed by atoms with E-state index in [9.17, 15) is 9.50 Å². The number of alkyl halides is 1. The molecule has 0 amide bonds. The number of methoxy groups -OCH3 is 1. The number of aryl methyl sites for hydroxylation is 1. The predicted octanol–water partition coefficient (Wildman–Crippen LogP) is 3.41. The van der Waals surface area contributed by atoms with Crippen LogP contribution in [0.2, 0.25) is 0 Å². The van der Waals surface area contributed by atoms with Crippen molar-refractivity contribution >= 4 is 0 Å². The van der Waals surface area contributed by atoms with E-state index in [0.717, 1.165) is 25.7 Å². The smallest absolute Gasteiger partial charge is 0.201 e. The van der Waals surface area contributed by atoms with Crippen LogP contribution in [0.25, 0.3) is 0 Å². The van der Waals surface area contributed by atoms with Crippen LogP contribution in [0.15, 0.2) is 10.6 Å². The largest absolute Gasteiger partial charge is 0.363 e. The van der Waals surface area contributed by atoms with Gasteiger partial charge < -0.3 is 14.4 Å². The van der Waals surface area contributed by atoms with Gasteiger partial charge in [-0.05, 0) is 32.1 Å². The summed E-state index contributed by atoms with van der Waals surface area (Å²) in [5, 5.41) is 13.1. The Bertz CT molecular complexity index is 354.